The number of rotatable bonds is 7. The number of nitrogens with zero attached hydrogens (tertiary/aromatic N) is 1. The predicted octanol–water partition coefficient (Wildman–Crippen LogP) is 4.91. The van der Waals surface area contributed by atoms with Crippen LogP contribution in [0.25, 0.3) is 0 Å². The van der Waals surface area contributed by atoms with Gasteiger partial charge in [-0.3, -0.25) is 9.52 Å². The highest BCUT2D eigenvalue weighted by Gasteiger charge is 2.25. The fourth-order valence-corrected chi connectivity index (χ4v) is 4.72. The maximum atomic E-state index is 14.3. The Balaban J connectivity index is 1.44. The van der Waals surface area contributed by atoms with Crippen LogP contribution in [-0.4, -0.2) is 25.6 Å². The summed E-state index contributed by atoms with van der Waals surface area (Å²) < 4.78 is 64.1. The van der Waals surface area contributed by atoms with Crippen LogP contribution in [0.1, 0.15) is 61.1 Å². The van der Waals surface area contributed by atoms with Crippen LogP contribution in [-0.2, 0) is 10.0 Å². The van der Waals surface area contributed by atoms with E-state index in [1.165, 1.54) is 12.5 Å². The molecule has 1 aromatic carbocycles. The number of sulfonamides is 1. The molecule has 35 heavy (non-hydrogen) atoms. The maximum absolute atomic E-state index is 14.3. The summed E-state index contributed by atoms with van der Waals surface area (Å²) in [4.78, 5) is 16.7. The van der Waals surface area contributed by atoms with Crippen molar-refractivity contribution in [3.63, 3.8) is 0 Å². The first-order valence-electron chi connectivity index (χ1n) is 11.0. The first-order chi connectivity index (χ1) is 16.5. The van der Waals surface area contributed by atoms with E-state index in [0.29, 0.717) is 5.76 Å². The molecule has 2 aliphatic rings. The maximum Gasteiger partial charge on any atom is 0.399 e. The summed E-state index contributed by atoms with van der Waals surface area (Å²) in [6, 6.07) is 1.07. The van der Waals surface area contributed by atoms with Crippen LogP contribution in [0.2, 0.25) is 0 Å². The van der Waals surface area contributed by atoms with Gasteiger partial charge in [-0.05, 0) is 73.9 Å². The number of oxazole rings is 1. The Morgan fingerprint density at radius 3 is 2.60 bits per heavy atom. The van der Waals surface area contributed by atoms with Gasteiger partial charge in [0.1, 0.15) is 17.7 Å². The van der Waals surface area contributed by atoms with Gasteiger partial charge in [0.25, 0.3) is 5.91 Å². The van der Waals surface area contributed by atoms with E-state index in [0.717, 1.165) is 67.9 Å². The van der Waals surface area contributed by atoms with Gasteiger partial charge in [0.15, 0.2) is 17.3 Å². The zero-order valence-corrected chi connectivity index (χ0v) is 20.1. The van der Waals surface area contributed by atoms with E-state index in [-0.39, 0.29) is 17.3 Å². The van der Waals surface area contributed by atoms with E-state index in [4.69, 9.17) is 9.15 Å². The highest BCUT2D eigenvalue weighted by atomic mass is 32.2. The zero-order valence-electron chi connectivity index (χ0n) is 19.3. The van der Waals surface area contributed by atoms with E-state index < -0.39 is 39.3 Å². The largest absolute Gasteiger partial charge is 0.416 e. The highest BCUT2D eigenvalue weighted by molar-refractivity contribution is 7.92. The molecular weight excluding hydrogens is 480 g/mol. The summed E-state index contributed by atoms with van der Waals surface area (Å²) in [5.74, 6) is -2.20. The van der Waals surface area contributed by atoms with E-state index in [9.17, 15) is 22.0 Å². The molecule has 8 nitrogen and oxygen atoms in total. The van der Waals surface area contributed by atoms with Crippen LogP contribution < -0.4 is 14.8 Å². The van der Waals surface area contributed by atoms with E-state index in [2.05, 4.69) is 16.9 Å². The summed E-state index contributed by atoms with van der Waals surface area (Å²) in [6.07, 6.45) is 8.36. The summed E-state index contributed by atoms with van der Waals surface area (Å²) in [7, 11) is -3.87. The van der Waals surface area contributed by atoms with Gasteiger partial charge in [0, 0.05) is 0 Å². The molecule has 186 valence electrons. The molecule has 0 saturated heterocycles. The molecule has 2 aliphatic carbocycles. The minimum Gasteiger partial charge on any atom is -0.416 e. The quantitative estimate of drug-likeness (QED) is 0.553. The van der Waals surface area contributed by atoms with Crippen LogP contribution in [0.5, 0.6) is 6.08 Å². The van der Waals surface area contributed by atoms with Crippen molar-refractivity contribution >= 4 is 21.6 Å². The second-order valence-corrected chi connectivity index (χ2v) is 10.3. The lowest BCUT2D eigenvalue weighted by atomic mass is 9.82. The zero-order chi connectivity index (χ0) is 25.3. The van der Waals surface area contributed by atoms with Crippen LogP contribution >= 0.6 is 0 Å². The van der Waals surface area contributed by atoms with E-state index >= 15 is 0 Å². The first kappa shape index (κ1) is 24.6. The number of carbonyl (C=O) groups is 1. The molecule has 1 aromatic heterocycles. The molecule has 11 heteroatoms. The van der Waals surface area contributed by atoms with Gasteiger partial charge in [-0.2, -0.15) is 4.98 Å². The van der Waals surface area contributed by atoms with Gasteiger partial charge in [-0.15, -0.1) is 0 Å². The van der Waals surface area contributed by atoms with Crippen molar-refractivity contribution in [1.82, 2.24) is 10.3 Å². The number of nitrogens with one attached hydrogen (secondary N) is 2. The molecule has 4 rings (SSSR count). The fourth-order valence-electron chi connectivity index (χ4n) is 4.15. The first-order valence-corrected chi connectivity index (χ1v) is 12.9. The molecule has 1 amide bonds. The average Bonchev–Trinajstić information content (AvgIpc) is 3.25. The predicted molar refractivity (Wildman–Crippen MR) is 125 cm³/mol. The Kier molecular flexibility index (Phi) is 6.79. The lowest BCUT2D eigenvalue weighted by molar-refractivity contribution is 0.0934. The minimum atomic E-state index is -3.87. The SMILES string of the molecule is C=C1CCCC2=C1CCC=C2Oc1nc(C(=O)NC(C)c2cc(F)c(NS(C)(=O)=O)c(F)c2)co1. The van der Waals surface area contributed by atoms with E-state index in [1.54, 1.807) is 4.72 Å². The lowest BCUT2D eigenvalue weighted by Crippen LogP contribution is -2.27. The number of carbonyl (C=O) groups excluding carboxylic acids is 1. The Morgan fingerprint density at radius 2 is 1.91 bits per heavy atom. The molecule has 2 N–H and O–H groups in total. The second kappa shape index (κ2) is 9.65. The van der Waals surface area contributed by atoms with Gasteiger partial charge in [-0.25, -0.2) is 17.2 Å². The number of amides is 1. The van der Waals surface area contributed by atoms with Crippen LogP contribution in [0.3, 0.4) is 0 Å². The van der Waals surface area contributed by atoms with Gasteiger partial charge in [0.2, 0.25) is 10.0 Å². The molecule has 0 radical (unpaired) electrons. The van der Waals surface area contributed by atoms with Gasteiger partial charge >= 0.3 is 6.08 Å². The van der Waals surface area contributed by atoms with Gasteiger partial charge in [-0.1, -0.05) is 12.2 Å². The van der Waals surface area contributed by atoms with Crippen LogP contribution in [0.15, 0.2) is 57.9 Å². The van der Waals surface area contributed by atoms with Crippen molar-refractivity contribution in [3.8, 4) is 6.08 Å². The molecule has 1 heterocycles. The minimum absolute atomic E-state index is 0.0678. The number of ether oxygens (including phenoxy) is 1. The Labute approximate surface area is 201 Å². The molecule has 0 aliphatic heterocycles. The van der Waals surface area contributed by atoms with Crippen molar-refractivity contribution in [3.05, 3.63) is 76.4 Å². The molecule has 0 saturated carbocycles. The number of anilines is 1. The van der Waals surface area contributed by atoms with Gasteiger partial charge < -0.3 is 14.5 Å². The second-order valence-electron chi connectivity index (χ2n) is 8.55. The monoisotopic (exact) mass is 505 g/mol. The molecule has 0 fully saturated rings. The Morgan fingerprint density at radius 1 is 1.20 bits per heavy atom. The summed E-state index contributed by atoms with van der Waals surface area (Å²) >= 11 is 0. The van der Waals surface area contributed by atoms with E-state index in [1.807, 2.05) is 6.08 Å². The Hall–Kier alpha value is -3.47. The number of hydrogen-bond donors (Lipinski definition) is 2. The molecule has 0 spiro atoms. The van der Waals surface area contributed by atoms with Crippen molar-refractivity contribution in [1.29, 1.82) is 0 Å². The number of allylic oxidation sites excluding steroid dienone is 4. The number of benzene rings is 1. The lowest BCUT2D eigenvalue weighted by Gasteiger charge is -2.26. The van der Waals surface area contributed by atoms with Crippen molar-refractivity contribution < 1.29 is 31.1 Å². The fraction of sp³-hybridized carbons (Fsp3) is 0.333. The molecule has 1 unspecified atom stereocenters. The third kappa shape index (κ3) is 5.61. The smallest absolute Gasteiger partial charge is 0.399 e. The van der Waals surface area contributed by atoms with Crippen molar-refractivity contribution in [2.24, 2.45) is 0 Å². The van der Waals surface area contributed by atoms with Crippen LogP contribution in [0, 0.1) is 11.6 Å². The topological polar surface area (TPSA) is 111 Å². The third-order valence-corrected chi connectivity index (χ3v) is 6.41. The molecule has 2 aromatic rings. The van der Waals surface area contributed by atoms with Gasteiger partial charge in [0.05, 0.1) is 12.3 Å². The van der Waals surface area contributed by atoms with Crippen molar-refractivity contribution in [2.75, 3.05) is 11.0 Å². The Bertz CT molecular complexity index is 1340. The number of hydrogen-bond acceptors (Lipinski definition) is 6. The number of aromatic nitrogens is 1. The summed E-state index contributed by atoms with van der Waals surface area (Å²) in [6.45, 7) is 5.66. The highest BCUT2D eigenvalue weighted by Crippen LogP contribution is 2.39. The molecular formula is C24H25F2N3O5S. The summed E-state index contributed by atoms with van der Waals surface area (Å²) in [5, 5.41) is 2.58. The van der Waals surface area contributed by atoms with Crippen LogP contribution in [0.4, 0.5) is 14.5 Å². The third-order valence-electron chi connectivity index (χ3n) is 5.83. The summed E-state index contributed by atoms with van der Waals surface area (Å²) in [5.41, 5.74) is 2.66. The van der Waals surface area contributed by atoms with Crippen molar-refractivity contribution in [2.45, 2.75) is 45.1 Å². The average molecular weight is 506 g/mol. The standard InChI is InChI=1S/C24H25F2N3O5S/c1-13-6-4-8-17-16(13)7-5-9-21(17)34-24-28-20(12-33-24)23(30)27-14(2)15-10-18(25)22(19(26)11-15)29-35(3,31)32/h9-12,14,29H,1,4-8H2,2-3H3,(H,27,30). The molecule has 0 bridgehead atoms. The molecule has 1 atom stereocenters. The normalized spacial score (nSPS) is 16.9. The number of halogens is 2.